The normalized spacial score (nSPS) is 27.7. The molecule has 102 valence electrons. The van der Waals surface area contributed by atoms with Gasteiger partial charge in [-0.3, -0.25) is 4.79 Å². The molecule has 2 aliphatic heterocycles. The Labute approximate surface area is 113 Å². The van der Waals surface area contributed by atoms with E-state index in [9.17, 15) is 4.79 Å². The van der Waals surface area contributed by atoms with Gasteiger partial charge >= 0.3 is 0 Å². The van der Waals surface area contributed by atoms with Crippen LogP contribution in [0.15, 0.2) is 28.6 Å². The topological polar surface area (TPSA) is 53.9 Å². The van der Waals surface area contributed by atoms with Gasteiger partial charge in [0.15, 0.2) is 0 Å². The first-order valence-electron chi connectivity index (χ1n) is 6.83. The second kappa shape index (κ2) is 5.17. The van der Waals surface area contributed by atoms with E-state index in [1.165, 1.54) is 0 Å². The van der Waals surface area contributed by atoms with Gasteiger partial charge in [-0.25, -0.2) is 4.99 Å². The van der Waals surface area contributed by atoms with Gasteiger partial charge in [-0.1, -0.05) is 0 Å². The van der Waals surface area contributed by atoms with Crippen molar-refractivity contribution in [1.29, 1.82) is 0 Å². The summed E-state index contributed by atoms with van der Waals surface area (Å²) in [6.07, 6.45) is 8.43. The zero-order chi connectivity index (χ0) is 13.2. The molecule has 0 aromatic heterocycles. The number of ether oxygens (including phenoxy) is 1. The molecule has 1 fully saturated rings. The summed E-state index contributed by atoms with van der Waals surface area (Å²) in [5, 5.41) is 3.32. The molecule has 1 N–H and O–H groups in total. The van der Waals surface area contributed by atoms with Crippen molar-refractivity contribution in [2.75, 3.05) is 20.1 Å². The van der Waals surface area contributed by atoms with Crippen LogP contribution in [0.3, 0.4) is 0 Å². The quantitative estimate of drug-likeness (QED) is 0.808. The molecule has 1 atom stereocenters. The van der Waals surface area contributed by atoms with Crippen molar-refractivity contribution in [2.45, 2.75) is 25.4 Å². The summed E-state index contributed by atoms with van der Waals surface area (Å²) in [5.41, 5.74) is 0.848. The Bertz CT molecular complexity index is 461. The van der Waals surface area contributed by atoms with Crippen LogP contribution in [0.2, 0.25) is 0 Å². The number of nitrogens with zero attached hydrogens (tertiary/aromatic N) is 2. The van der Waals surface area contributed by atoms with Crippen molar-refractivity contribution in [3.05, 3.63) is 23.6 Å². The fourth-order valence-electron chi connectivity index (χ4n) is 2.69. The third kappa shape index (κ3) is 2.56. The number of nitrogens with one attached hydrogen (secondary N) is 1. The molecule has 1 amide bonds. The fourth-order valence-corrected chi connectivity index (χ4v) is 2.69. The maximum Gasteiger partial charge on any atom is 0.237 e. The van der Waals surface area contributed by atoms with Crippen molar-refractivity contribution >= 4 is 12.2 Å². The number of hydrogen-bond acceptors (Lipinski definition) is 4. The minimum atomic E-state index is -0.170. The molecule has 5 nitrogen and oxygen atoms in total. The van der Waals surface area contributed by atoms with Crippen molar-refractivity contribution in [3.63, 3.8) is 0 Å². The Hall–Kier alpha value is -1.62. The van der Waals surface area contributed by atoms with Gasteiger partial charge in [0.05, 0.1) is 23.7 Å². The van der Waals surface area contributed by atoms with Crippen LogP contribution in [0.4, 0.5) is 0 Å². The molecule has 3 rings (SSSR count). The summed E-state index contributed by atoms with van der Waals surface area (Å²) < 4.78 is 6.02. The van der Waals surface area contributed by atoms with E-state index in [4.69, 9.17) is 4.74 Å². The molecule has 1 saturated heterocycles. The molecule has 1 unspecified atom stereocenters. The fraction of sp³-hybridized carbons (Fsp3) is 0.571. The lowest BCUT2D eigenvalue weighted by Gasteiger charge is -2.31. The number of carbonyl (C=O) groups is 1. The van der Waals surface area contributed by atoms with Gasteiger partial charge < -0.3 is 15.0 Å². The van der Waals surface area contributed by atoms with Crippen LogP contribution in [0.5, 0.6) is 0 Å². The summed E-state index contributed by atoms with van der Waals surface area (Å²) in [7, 11) is 1.74. The van der Waals surface area contributed by atoms with Gasteiger partial charge in [0.1, 0.15) is 6.10 Å². The first-order chi connectivity index (χ1) is 9.24. The van der Waals surface area contributed by atoms with Crippen molar-refractivity contribution < 1.29 is 9.53 Å². The van der Waals surface area contributed by atoms with E-state index in [2.05, 4.69) is 10.3 Å². The van der Waals surface area contributed by atoms with E-state index < -0.39 is 0 Å². The first-order valence-corrected chi connectivity index (χ1v) is 6.83. The van der Waals surface area contributed by atoms with Crippen molar-refractivity contribution in [1.82, 2.24) is 10.2 Å². The summed E-state index contributed by atoms with van der Waals surface area (Å²) in [6.45, 7) is 2.02. The number of amides is 1. The molecule has 0 spiro atoms. The number of aliphatic imine (C=N–C) groups is 1. The van der Waals surface area contributed by atoms with E-state index >= 15 is 0 Å². The van der Waals surface area contributed by atoms with E-state index in [-0.39, 0.29) is 17.9 Å². The van der Waals surface area contributed by atoms with Gasteiger partial charge in [-0.15, -0.1) is 0 Å². The third-order valence-electron chi connectivity index (χ3n) is 3.83. The second-order valence-corrected chi connectivity index (χ2v) is 5.24. The monoisotopic (exact) mass is 261 g/mol. The number of carbonyl (C=O) groups excluding carboxylic acids is 1. The average molecular weight is 261 g/mol. The van der Waals surface area contributed by atoms with Gasteiger partial charge in [0, 0.05) is 13.5 Å². The highest BCUT2D eigenvalue weighted by Crippen LogP contribution is 2.31. The summed E-state index contributed by atoms with van der Waals surface area (Å²) in [5.74, 6) is 0.844. The van der Waals surface area contributed by atoms with E-state index in [1.807, 2.05) is 12.2 Å². The maximum absolute atomic E-state index is 12.1. The molecule has 1 aliphatic carbocycles. The predicted octanol–water partition coefficient (Wildman–Crippen LogP) is 1.04. The predicted molar refractivity (Wildman–Crippen MR) is 72.5 cm³/mol. The summed E-state index contributed by atoms with van der Waals surface area (Å²) in [4.78, 5) is 17.9. The van der Waals surface area contributed by atoms with Crippen LogP contribution >= 0.6 is 0 Å². The maximum atomic E-state index is 12.1. The Balaban J connectivity index is 1.69. The highest BCUT2D eigenvalue weighted by Gasteiger charge is 2.32. The molecular formula is C14H19N3O2. The lowest BCUT2D eigenvalue weighted by Crippen LogP contribution is -2.38. The van der Waals surface area contributed by atoms with Crippen LogP contribution < -0.4 is 5.32 Å². The molecular weight excluding hydrogens is 242 g/mol. The largest absolute Gasteiger partial charge is 0.495 e. The first kappa shape index (κ1) is 12.4. The number of allylic oxidation sites excluding steroid dienone is 3. The Morgan fingerprint density at radius 2 is 2.16 bits per heavy atom. The smallest absolute Gasteiger partial charge is 0.237 e. The van der Waals surface area contributed by atoms with Crippen LogP contribution in [-0.2, 0) is 9.53 Å². The Kier molecular flexibility index (Phi) is 3.38. The van der Waals surface area contributed by atoms with E-state index in [0.29, 0.717) is 6.42 Å². The zero-order valence-electron chi connectivity index (χ0n) is 11.1. The van der Waals surface area contributed by atoms with Crippen LogP contribution in [0.1, 0.15) is 19.3 Å². The van der Waals surface area contributed by atoms with Crippen molar-refractivity contribution in [3.8, 4) is 0 Å². The van der Waals surface area contributed by atoms with E-state index in [0.717, 1.165) is 37.4 Å². The van der Waals surface area contributed by atoms with E-state index in [1.54, 1.807) is 18.3 Å². The molecule has 0 aromatic rings. The number of piperidine rings is 1. The van der Waals surface area contributed by atoms with Crippen LogP contribution in [-0.4, -0.2) is 43.4 Å². The summed E-state index contributed by atoms with van der Waals surface area (Å²) >= 11 is 0. The molecule has 19 heavy (non-hydrogen) atoms. The molecule has 3 aliphatic rings. The van der Waals surface area contributed by atoms with Gasteiger partial charge in [0.25, 0.3) is 0 Å². The SMILES string of the molecule is CN1C=NC2=CC=C(OC3CCNCC3)CC2C1=O. The highest BCUT2D eigenvalue weighted by molar-refractivity contribution is 5.94. The van der Waals surface area contributed by atoms with Crippen LogP contribution in [0.25, 0.3) is 0 Å². The van der Waals surface area contributed by atoms with Crippen LogP contribution in [0, 0.1) is 5.92 Å². The third-order valence-corrected chi connectivity index (χ3v) is 3.83. The zero-order valence-corrected chi connectivity index (χ0v) is 11.1. The highest BCUT2D eigenvalue weighted by atomic mass is 16.5. The minimum absolute atomic E-state index is 0.0979. The molecule has 5 heteroatoms. The average Bonchev–Trinajstić information content (AvgIpc) is 2.45. The second-order valence-electron chi connectivity index (χ2n) is 5.24. The standard InChI is InChI=1S/C14H19N3O2/c1-17-9-16-13-3-2-11(8-12(13)14(17)18)19-10-4-6-15-7-5-10/h2-3,9-10,12,15H,4-8H2,1H3. The molecule has 0 saturated carbocycles. The van der Waals surface area contributed by atoms with Crippen molar-refractivity contribution in [2.24, 2.45) is 10.9 Å². The van der Waals surface area contributed by atoms with Gasteiger partial charge in [-0.2, -0.15) is 0 Å². The molecule has 0 radical (unpaired) electrons. The summed E-state index contributed by atoms with van der Waals surface area (Å²) in [6, 6.07) is 0. The molecule has 0 aromatic carbocycles. The lowest BCUT2D eigenvalue weighted by atomic mass is 9.93. The molecule has 2 heterocycles. The Morgan fingerprint density at radius 1 is 1.37 bits per heavy atom. The number of rotatable bonds is 2. The van der Waals surface area contributed by atoms with Gasteiger partial charge in [-0.05, 0) is 38.1 Å². The minimum Gasteiger partial charge on any atom is -0.495 e. The number of fused-ring (bicyclic) bond motifs is 1. The number of hydrogen-bond donors (Lipinski definition) is 1. The molecule has 0 bridgehead atoms. The lowest BCUT2D eigenvalue weighted by molar-refractivity contribution is -0.130. The Morgan fingerprint density at radius 3 is 2.95 bits per heavy atom. The van der Waals surface area contributed by atoms with Gasteiger partial charge in [0.2, 0.25) is 5.91 Å².